The van der Waals surface area contributed by atoms with Crippen LogP contribution >= 0.6 is 0 Å². The number of H-pyrrole nitrogens is 1. The summed E-state index contributed by atoms with van der Waals surface area (Å²) in [5.74, 6) is 0.118. The van der Waals surface area contributed by atoms with Crippen LogP contribution in [-0.2, 0) is 4.74 Å². The van der Waals surface area contributed by atoms with Gasteiger partial charge in [-0.2, -0.15) is 0 Å². The highest BCUT2D eigenvalue weighted by atomic mass is 16.5. The Balaban J connectivity index is 2.03. The van der Waals surface area contributed by atoms with Gasteiger partial charge in [-0.05, 0) is 26.8 Å². The van der Waals surface area contributed by atoms with Crippen molar-refractivity contribution in [3.63, 3.8) is 0 Å². The van der Waals surface area contributed by atoms with Gasteiger partial charge < -0.3 is 14.8 Å². The van der Waals surface area contributed by atoms with Crippen molar-refractivity contribution in [2.45, 2.75) is 32.9 Å². The van der Waals surface area contributed by atoms with Crippen LogP contribution in [0.2, 0.25) is 0 Å². The maximum absolute atomic E-state index is 12.3. The number of ketones is 1. The zero-order valence-corrected chi connectivity index (χ0v) is 11.8. The van der Waals surface area contributed by atoms with Crippen LogP contribution in [0.3, 0.4) is 0 Å². The molecule has 1 aliphatic rings. The molecule has 2 rings (SSSR count). The molecule has 2 atom stereocenters. The second kappa shape index (κ2) is 5.86. The van der Waals surface area contributed by atoms with E-state index in [-0.39, 0.29) is 24.5 Å². The van der Waals surface area contributed by atoms with Gasteiger partial charge in [-0.25, -0.2) is 0 Å². The van der Waals surface area contributed by atoms with Crippen molar-refractivity contribution >= 4 is 5.78 Å². The molecule has 5 heteroatoms. The van der Waals surface area contributed by atoms with Gasteiger partial charge in [0.25, 0.3) is 0 Å². The van der Waals surface area contributed by atoms with Crippen LogP contribution in [0.25, 0.3) is 0 Å². The molecule has 0 bridgehead atoms. The smallest absolute Gasteiger partial charge is 0.178 e. The average molecular weight is 266 g/mol. The number of rotatable bonds is 4. The van der Waals surface area contributed by atoms with Crippen LogP contribution in [-0.4, -0.2) is 59.2 Å². The molecule has 2 unspecified atom stereocenters. The molecule has 0 aliphatic carbocycles. The summed E-state index contributed by atoms with van der Waals surface area (Å²) in [5.41, 5.74) is 2.68. The Kier molecular flexibility index (Phi) is 4.39. The number of aryl methyl sites for hydroxylation is 2. The third-order valence-electron chi connectivity index (χ3n) is 3.63. The maximum atomic E-state index is 12.3. The number of aliphatic hydroxyl groups excluding tert-OH is 1. The van der Waals surface area contributed by atoms with Crippen LogP contribution in [0.15, 0.2) is 6.07 Å². The van der Waals surface area contributed by atoms with Gasteiger partial charge in [0.1, 0.15) is 0 Å². The summed E-state index contributed by atoms with van der Waals surface area (Å²) in [6.45, 7) is 7.44. The summed E-state index contributed by atoms with van der Waals surface area (Å²) in [4.78, 5) is 17.6. The highest BCUT2D eigenvalue weighted by Gasteiger charge is 2.27. The topological polar surface area (TPSA) is 65.6 Å². The summed E-state index contributed by atoms with van der Waals surface area (Å²) < 4.78 is 5.48. The summed E-state index contributed by atoms with van der Waals surface area (Å²) in [6.07, 6.45) is -0.182. The molecule has 0 spiro atoms. The van der Waals surface area contributed by atoms with E-state index in [1.165, 1.54) is 0 Å². The molecule has 1 fully saturated rings. The number of hydrogen-bond donors (Lipinski definition) is 2. The van der Waals surface area contributed by atoms with E-state index in [4.69, 9.17) is 9.84 Å². The minimum Gasteiger partial charge on any atom is -0.394 e. The number of nitrogens with one attached hydrogen (secondary N) is 1. The fourth-order valence-corrected chi connectivity index (χ4v) is 2.49. The lowest BCUT2D eigenvalue weighted by molar-refractivity contribution is -0.0747. The number of carbonyl (C=O) groups excluding carboxylic acids is 1. The molecule has 106 valence electrons. The first-order valence-corrected chi connectivity index (χ1v) is 6.67. The van der Waals surface area contributed by atoms with Crippen molar-refractivity contribution in [3.05, 3.63) is 23.0 Å². The molecule has 19 heavy (non-hydrogen) atoms. The second-order valence-electron chi connectivity index (χ2n) is 5.33. The van der Waals surface area contributed by atoms with Crippen LogP contribution in [0.5, 0.6) is 0 Å². The molecule has 1 aliphatic heterocycles. The number of aliphatic hydroxyl groups is 1. The van der Waals surface area contributed by atoms with E-state index in [9.17, 15) is 4.79 Å². The molecule has 0 radical (unpaired) electrons. The van der Waals surface area contributed by atoms with Gasteiger partial charge in [0.05, 0.1) is 25.9 Å². The van der Waals surface area contributed by atoms with Gasteiger partial charge in [0, 0.05) is 29.5 Å². The minimum atomic E-state index is -0.182. The quantitative estimate of drug-likeness (QED) is 0.795. The van der Waals surface area contributed by atoms with E-state index in [2.05, 4.69) is 9.88 Å². The Bertz CT molecular complexity index is 456. The van der Waals surface area contributed by atoms with Crippen LogP contribution in [0, 0.1) is 13.8 Å². The molecule has 1 aromatic rings. The molecule has 2 heterocycles. The third-order valence-corrected chi connectivity index (χ3v) is 3.63. The van der Waals surface area contributed by atoms with E-state index >= 15 is 0 Å². The predicted octanol–water partition coefficient (Wildman–Crippen LogP) is 0.896. The Morgan fingerprint density at radius 1 is 1.58 bits per heavy atom. The van der Waals surface area contributed by atoms with E-state index in [0.29, 0.717) is 19.7 Å². The first-order chi connectivity index (χ1) is 9.01. The van der Waals surface area contributed by atoms with E-state index < -0.39 is 0 Å². The zero-order valence-electron chi connectivity index (χ0n) is 11.8. The number of Topliss-reactive ketones (excluding diaryl/α,β-unsaturated/α-hetero) is 1. The fraction of sp³-hybridized carbons (Fsp3) is 0.643. The highest BCUT2D eigenvalue weighted by molar-refractivity contribution is 5.98. The summed E-state index contributed by atoms with van der Waals surface area (Å²) >= 11 is 0. The van der Waals surface area contributed by atoms with Gasteiger partial charge in [-0.3, -0.25) is 9.69 Å². The Morgan fingerprint density at radius 2 is 2.32 bits per heavy atom. The number of aromatic amines is 1. The molecular weight excluding hydrogens is 244 g/mol. The molecule has 1 aromatic heterocycles. The number of hydrogen-bond acceptors (Lipinski definition) is 4. The number of aromatic nitrogens is 1. The molecular formula is C14H22N2O3. The lowest BCUT2D eigenvalue weighted by Gasteiger charge is -2.36. The molecule has 5 nitrogen and oxygen atoms in total. The molecule has 0 amide bonds. The zero-order chi connectivity index (χ0) is 14.0. The fourth-order valence-electron chi connectivity index (χ4n) is 2.49. The SMILES string of the molecule is Cc1cc(C(=O)CN2CC(CO)OCC2C)c(C)[nH]1. The van der Waals surface area contributed by atoms with Crippen LogP contribution in [0.1, 0.15) is 28.7 Å². The summed E-state index contributed by atoms with van der Waals surface area (Å²) in [6, 6.07) is 2.10. The number of nitrogens with zero attached hydrogens (tertiary/aromatic N) is 1. The van der Waals surface area contributed by atoms with E-state index in [1.807, 2.05) is 26.8 Å². The number of ether oxygens (including phenoxy) is 1. The lowest BCUT2D eigenvalue weighted by Crippen LogP contribution is -2.51. The normalized spacial score (nSPS) is 24.6. The molecule has 2 N–H and O–H groups in total. The van der Waals surface area contributed by atoms with E-state index in [0.717, 1.165) is 17.0 Å². The monoisotopic (exact) mass is 266 g/mol. The van der Waals surface area contributed by atoms with Gasteiger partial charge >= 0.3 is 0 Å². The lowest BCUT2D eigenvalue weighted by atomic mass is 10.1. The van der Waals surface area contributed by atoms with Crippen molar-refractivity contribution in [1.29, 1.82) is 0 Å². The molecule has 1 saturated heterocycles. The number of carbonyl (C=O) groups is 1. The number of morpholine rings is 1. The van der Waals surface area contributed by atoms with Gasteiger partial charge in [0.15, 0.2) is 5.78 Å². The first kappa shape index (κ1) is 14.2. The van der Waals surface area contributed by atoms with Crippen molar-refractivity contribution < 1.29 is 14.6 Å². The Labute approximate surface area is 113 Å². The van der Waals surface area contributed by atoms with Crippen molar-refractivity contribution in [3.8, 4) is 0 Å². The van der Waals surface area contributed by atoms with Crippen molar-refractivity contribution in [2.75, 3.05) is 26.3 Å². The van der Waals surface area contributed by atoms with Crippen LogP contribution < -0.4 is 0 Å². The van der Waals surface area contributed by atoms with Crippen molar-refractivity contribution in [2.24, 2.45) is 0 Å². The Morgan fingerprint density at radius 3 is 2.89 bits per heavy atom. The first-order valence-electron chi connectivity index (χ1n) is 6.67. The molecule has 0 saturated carbocycles. The summed E-state index contributed by atoms with van der Waals surface area (Å²) in [7, 11) is 0. The molecule has 0 aromatic carbocycles. The third kappa shape index (κ3) is 3.23. The predicted molar refractivity (Wildman–Crippen MR) is 72.5 cm³/mol. The highest BCUT2D eigenvalue weighted by Crippen LogP contribution is 2.15. The Hall–Kier alpha value is -1.17. The largest absolute Gasteiger partial charge is 0.394 e. The average Bonchev–Trinajstić information content (AvgIpc) is 2.71. The van der Waals surface area contributed by atoms with Gasteiger partial charge in [-0.1, -0.05) is 0 Å². The van der Waals surface area contributed by atoms with Crippen LogP contribution in [0.4, 0.5) is 0 Å². The van der Waals surface area contributed by atoms with Gasteiger partial charge in [0.2, 0.25) is 0 Å². The van der Waals surface area contributed by atoms with Gasteiger partial charge in [-0.15, -0.1) is 0 Å². The summed E-state index contributed by atoms with van der Waals surface area (Å²) in [5, 5.41) is 9.15. The van der Waals surface area contributed by atoms with E-state index in [1.54, 1.807) is 0 Å². The second-order valence-corrected chi connectivity index (χ2v) is 5.33. The van der Waals surface area contributed by atoms with Crippen molar-refractivity contribution in [1.82, 2.24) is 9.88 Å². The standard InChI is InChI=1S/C14H22N2O3/c1-9-4-13(11(3)15-9)14(18)6-16-5-12(7-17)19-8-10(16)2/h4,10,12,15,17H,5-8H2,1-3H3. The minimum absolute atomic E-state index is 0.000296. The maximum Gasteiger partial charge on any atom is 0.178 e.